The number of ether oxygens (including phenoxy) is 5. The summed E-state index contributed by atoms with van der Waals surface area (Å²) < 4.78 is 19.1. The van der Waals surface area contributed by atoms with E-state index in [-0.39, 0.29) is 0 Å². The highest BCUT2D eigenvalue weighted by Gasteiger charge is 2.86. The maximum Gasteiger partial charge on any atom is 0.353 e. The van der Waals surface area contributed by atoms with Crippen LogP contribution in [0.4, 0.5) is 0 Å². The number of alkyl halides is 1. The van der Waals surface area contributed by atoms with Gasteiger partial charge in [-0.15, -0.1) is 0 Å². The fourth-order valence-electron chi connectivity index (χ4n) is 2.49. The Labute approximate surface area is 171 Å². The molecule has 0 bridgehead atoms. The summed E-state index contributed by atoms with van der Waals surface area (Å²) in [4.78, 5) is 45.7. The van der Waals surface area contributed by atoms with Crippen LogP contribution < -0.4 is 0 Å². The number of rotatable bonds is 5. The first-order valence-corrected chi connectivity index (χ1v) is 8.43. The van der Waals surface area contributed by atoms with Crippen LogP contribution in [0.2, 0.25) is 0 Å². The number of esters is 4. The Bertz CT molecular complexity index is 708. The van der Waals surface area contributed by atoms with Crippen LogP contribution >= 0.6 is 15.9 Å². The van der Waals surface area contributed by atoms with E-state index in [0.717, 1.165) is 6.92 Å². The zero-order chi connectivity index (χ0) is 23.0. The van der Waals surface area contributed by atoms with E-state index in [1.165, 1.54) is 0 Å². The molecular weight excluding hydrogens is 472 g/mol. The molecule has 0 saturated carbocycles. The highest BCUT2D eigenvalue weighted by Crippen LogP contribution is 2.53. The molecular formula is C14H19BrO14. The molecule has 14 nitrogen and oxygen atoms in total. The lowest BCUT2D eigenvalue weighted by Gasteiger charge is -2.57. The summed E-state index contributed by atoms with van der Waals surface area (Å²) in [5.41, 5.74) is 0. The molecule has 1 unspecified atom stereocenters. The second-order valence-electron chi connectivity index (χ2n) is 5.87. The lowest BCUT2D eigenvalue weighted by Crippen LogP contribution is -2.86. The molecule has 0 aromatic rings. The van der Waals surface area contributed by atoms with Crippen molar-refractivity contribution in [3.8, 4) is 0 Å². The molecule has 166 valence electrons. The minimum atomic E-state index is -4.05. The lowest BCUT2D eigenvalue weighted by atomic mass is 9.86. The van der Waals surface area contributed by atoms with Crippen molar-refractivity contribution in [1.29, 1.82) is 0 Å². The van der Waals surface area contributed by atoms with Crippen molar-refractivity contribution >= 4 is 39.8 Å². The van der Waals surface area contributed by atoms with E-state index in [2.05, 4.69) is 34.9 Å². The molecule has 1 fully saturated rings. The van der Waals surface area contributed by atoms with Crippen molar-refractivity contribution in [2.45, 2.75) is 62.1 Å². The van der Waals surface area contributed by atoms with Crippen LogP contribution in [0.25, 0.3) is 0 Å². The minimum Gasteiger partial charge on any atom is -0.433 e. The number of carbonyl (C=O) groups excluding carboxylic acids is 4. The van der Waals surface area contributed by atoms with Gasteiger partial charge in [-0.3, -0.25) is 19.2 Å². The molecule has 29 heavy (non-hydrogen) atoms. The summed E-state index contributed by atoms with van der Waals surface area (Å²) in [6.45, 7) is 2.83. The van der Waals surface area contributed by atoms with E-state index in [4.69, 9.17) is 4.74 Å². The highest BCUT2D eigenvalue weighted by molar-refractivity contribution is 9.10. The molecule has 15 heteroatoms. The maximum atomic E-state index is 11.6. The van der Waals surface area contributed by atoms with Gasteiger partial charge < -0.3 is 49.2 Å². The molecule has 6 atom stereocenters. The summed E-state index contributed by atoms with van der Waals surface area (Å²) in [6.07, 6.45) is -5.23. The van der Waals surface area contributed by atoms with Crippen LogP contribution in [0, 0.1) is 0 Å². The fraction of sp³-hybridized carbons (Fsp3) is 0.714. The first-order chi connectivity index (χ1) is 12.9. The van der Waals surface area contributed by atoms with E-state index in [0.29, 0.717) is 20.8 Å². The van der Waals surface area contributed by atoms with Crippen LogP contribution in [0.3, 0.4) is 0 Å². The molecule has 0 amide bonds. The number of hydrogen-bond donors (Lipinski definition) is 5. The standard InChI is InChI=1S/C14H19BrO14/c1-5(16)25-10(20)9-11(21,26-6(2)17)12(22,27-7(3)18)13(23,28-8(4)19)14(15,24)29-9/h9-10,20-24H,1-4H3/t9-,10?,11-,12-,13+,14+/m1/s1. The van der Waals surface area contributed by atoms with E-state index in [1.807, 2.05) is 0 Å². The second-order valence-corrected chi connectivity index (χ2v) is 6.94. The molecule has 0 aliphatic carbocycles. The molecule has 0 aromatic carbocycles. The summed E-state index contributed by atoms with van der Waals surface area (Å²) in [5, 5.41) is 53.1. The van der Waals surface area contributed by atoms with E-state index >= 15 is 0 Å². The molecule has 0 radical (unpaired) electrons. The molecule has 1 saturated heterocycles. The van der Waals surface area contributed by atoms with Crippen molar-refractivity contribution in [3.05, 3.63) is 0 Å². The average Bonchev–Trinajstić information content (AvgIpc) is 2.47. The molecule has 1 aliphatic heterocycles. The van der Waals surface area contributed by atoms with E-state index in [1.54, 1.807) is 0 Å². The third-order valence-corrected chi connectivity index (χ3v) is 4.18. The minimum absolute atomic E-state index is 0.653. The predicted octanol–water partition coefficient (Wildman–Crippen LogP) is -2.94. The normalized spacial score (nSPS) is 37.8. The SMILES string of the molecule is CC(=O)OC(O)[C@H]1O[C@](O)(Br)[C@@](O)(OC(C)=O)[C@](O)(OC(C)=O)[C@]1(O)OC(C)=O. The quantitative estimate of drug-likeness (QED) is 0.113. The number of aliphatic hydroxyl groups is 5. The Hall–Kier alpha value is -1.88. The predicted molar refractivity (Wildman–Crippen MR) is 86.7 cm³/mol. The van der Waals surface area contributed by atoms with Gasteiger partial charge in [-0.2, -0.15) is 0 Å². The van der Waals surface area contributed by atoms with Gasteiger partial charge in [0.1, 0.15) is 0 Å². The third kappa shape index (κ3) is 4.35. The van der Waals surface area contributed by atoms with Crippen LogP contribution in [0.15, 0.2) is 0 Å². The van der Waals surface area contributed by atoms with Crippen LogP contribution in [0.5, 0.6) is 0 Å². The number of hydrogen-bond acceptors (Lipinski definition) is 14. The van der Waals surface area contributed by atoms with Crippen LogP contribution in [-0.4, -0.2) is 83.9 Å². The largest absolute Gasteiger partial charge is 0.433 e. The van der Waals surface area contributed by atoms with Crippen molar-refractivity contribution < 1.29 is 68.4 Å². The Morgan fingerprint density at radius 2 is 1.24 bits per heavy atom. The Kier molecular flexibility index (Phi) is 7.02. The Morgan fingerprint density at radius 1 is 0.828 bits per heavy atom. The van der Waals surface area contributed by atoms with Crippen molar-refractivity contribution in [2.24, 2.45) is 0 Å². The van der Waals surface area contributed by atoms with Gasteiger partial charge in [0.15, 0.2) is 6.10 Å². The zero-order valence-electron chi connectivity index (χ0n) is 15.4. The summed E-state index contributed by atoms with van der Waals surface area (Å²) in [6, 6.07) is 0. The van der Waals surface area contributed by atoms with Crippen LogP contribution in [0.1, 0.15) is 27.7 Å². The molecule has 5 N–H and O–H groups in total. The first kappa shape index (κ1) is 25.2. The average molecular weight is 491 g/mol. The maximum absolute atomic E-state index is 11.6. The molecule has 1 aliphatic rings. The van der Waals surface area contributed by atoms with Gasteiger partial charge in [-0.1, -0.05) is 0 Å². The summed E-state index contributed by atoms with van der Waals surface area (Å²) in [7, 11) is 0. The molecule has 0 aromatic heterocycles. The van der Waals surface area contributed by atoms with Crippen molar-refractivity contribution in [3.63, 3.8) is 0 Å². The summed E-state index contributed by atoms with van der Waals surface area (Å²) in [5.74, 6) is -17.2. The van der Waals surface area contributed by atoms with Gasteiger partial charge >= 0.3 is 41.2 Å². The monoisotopic (exact) mass is 490 g/mol. The van der Waals surface area contributed by atoms with E-state index in [9.17, 15) is 44.7 Å². The van der Waals surface area contributed by atoms with Gasteiger partial charge in [-0.25, -0.2) is 0 Å². The Morgan fingerprint density at radius 3 is 1.62 bits per heavy atom. The van der Waals surface area contributed by atoms with Crippen molar-refractivity contribution in [1.82, 2.24) is 0 Å². The van der Waals surface area contributed by atoms with E-state index < -0.39 is 58.3 Å². The molecule has 1 heterocycles. The third-order valence-electron chi connectivity index (χ3n) is 3.46. The Balaban J connectivity index is 3.84. The van der Waals surface area contributed by atoms with Gasteiger partial charge in [0, 0.05) is 27.7 Å². The van der Waals surface area contributed by atoms with Gasteiger partial charge in [-0.05, 0) is 15.9 Å². The van der Waals surface area contributed by atoms with Crippen molar-refractivity contribution in [2.75, 3.05) is 0 Å². The van der Waals surface area contributed by atoms with Crippen LogP contribution in [-0.2, 0) is 42.9 Å². The topological polar surface area (TPSA) is 216 Å². The number of carbonyl (C=O) groups is 4. The smallest absolute Gasteiger partial charge is 0.353 e. The zero-order valence-corrected chi connectivity index (χ0v) is 17.0. The number of halogens is 1. The van der Waals surface area contributed by atoms with Gasteiger partial charge in [0.25, 0.3) is 4.70 Å². The molecule has 0 spiro atoms. The van der Waals surface area contributed by atoms with Gasteiger partial charge in [0.05, 0.1) is 0 Å². The molecule has 1 rings (SSSR count). The fourth-order valence-corrected chi connectivity index (χ4v) is 3.04. The highest BCUT2D eigenvalue weighted by atomic mass is 79.9. The van der Waals surface area contributed by atoms with Gasteiger partial charge in [0.2, 0.25) is 6.29 Å². The summed E-state index contributed by atoms with van der Waals surface area (Å²) >= 11 is 2.35. The second kappa shape index (κ2) is 8.10. The number of aliphatic hydroxyl groups excluding tert-OH is 1. The first-order valence-electron chi connectivity index (χ1n) is 7.63. The lowest BCUT2D eigenvalue weighted by molar-refractivity contribution is -0.545.